The minimum atomic E-state index is -0.555. The zero-order valence-electron chi connectivity index (χ0n) is 14.0. The highest BCUT2D eigenvalue weighted by atomic mass is 35.5. The van der Waals surface area contributed by atoms with E-state index in [1.807, 2.05) is 17.3 Å². The van der Waals surface area contributed by atoms with Crippen LogP contribution in [0.15, 0.2) is 30.6 Å². The van der Waals surface area contributed by atoms with E-state index in [1.54, 1.807) is 6.07 Å². The molecule has 1 aliphatic heterocycles. The second-order valence-corrected chi connectivity index (χ2v) is 7.51. The van der Waals surface area contributed by atoms with Crippen LogP contribution in [0.2, 0.25) is 5.02 Å². The van der Waals surface area contributed by atoms with Crippen LogP contribution in [-0.4, -0.2) is 33.4 Å². The van der Waals surface area contributed by atoms with Crippen molar-refractivity contribution in [3.05, 3.63) is 52.8 Å². The van der Waals surface area contributed by atoms with Gasteiger partial charge in [0.2, 0.25) is 0 Å². The molecule has 4 rings (SSSR count). The molecule has 0 N–H and O–H groups in total. The van der Waals surface area contributed by atoms with Crippen LogP contribution in [0, 0.1) is 11.7 Å². The second-order valence-electron chi connectivity index (χ2n) is 7.10. The topological polar surface area (TPSA) is 38.1 Å². The Hall–Kier alpha value is -1.88. The number of carbonyl (C=O) groups excluding carboxylic acids is 1. The lowest BCUT2D eigenvalue weighted by atomic mass is 9.96. The van der Waals surface area contributed by atoms with Crippen LogP contribution in [0.25, 0.3) is 0 Å². The molecule has 4 nitrogen and oxygen atoms in total. The van der Waals surface area contributed by atoms with Gasteiger partial charge < -0.3 is 9.47 Å². The molecule has 2 aromatic rings. The van der Waals surface area contributed by atoms with Gasteiger partial charge in [-0.1, -0.05) is 11.6 Å². The molecule has 25 heavy (non-hydrogen) atoms. The maximum Gasteiger partial charge on any atom is 0.253 e. The summed E-state index contributed by atoms with van der Waals surface area (Å²) in [5.41, 5.74) is 0.351. The van der Waals surface area contributed by atoms with Crippen molar-refractivity contribution >= 4 is 17.5 Å². The molecule has 0 radical (unpaired) electrons. The molecule has 1 aliphatic carbocycles. The second kappa shape index (κ2) is 6.79. The van der Waals surface area contributed by atoms with E-state index in [0.717, 1.165) is 31.1 Å². The van der Waals surface area contributed by atoms with Crippen molar-refractivity contribution in [3.8, 4) is 0 Å². The highest BCUT2D eigenvalue weighted by Crippen LogP contribution is 2.33. The number of likely N-dealkylation sites (tertiary alicyclic amines) is 1. The maximum absolute atomic E-state index is 13.7. The molecule has 1 amide bonds. The predicted molar refractivity (Wildman–Crippen MR) is 94.2 cm³/mol. The Morgan fingerprint density at radius 1 is 1.32 bits per heavy atom. The third kappa shape index (κ3) is 3.56. The van der Waals surface area contributed by atoms with Crippen LogP contribution in [0.4, 0.5) is 4.39 Å². The summed E-state index contributed by atoms with van der Waals surface area (Å²) in [6, 6.07) is 4.25. The lowest BCUT2D eigenvalue weighted by molar-refractivity contribution is 0.0702. The van der Waals surface area contributed by atoms with Gasteiger partial charge in [0.1, 0.15) is 11.6 Å². The lowest BCUT2D eigenvalue weighted by Gasteiger charge is -2.33. The van der Waals surface area contributed by atoms with Gasteiger partial charge in [0.15, 0.2) is 0 Å². The fourth-order valence-electron chi connectivity index (χ4n) is 3.60. The summed E-state index contributed by atoms with van der Waals surface area (Å²) in [7, 11) is 0. The van der Waals surface area contributed by atoms with E-state index in [4.69, 9.17) is 11.6 Å². The molecule has 1 aromatic heterocycles. The highest BCUT2D eigenvalue weighted by molar-refractivity contribution is 6.30. The monoisotopic (exact) mass is 361 g/mol. The number of aromatic nitrogens is 2. The molecule has 0 unspecified atom stereocenters. The molecular formula is C19H21ClFN3O. The van der Waals surface area contributed by atoms with Crippen molar-refractivity contribution in [2.45, 2.75) is 38.1 Å². The van der Waals surface area contributed by atoms with Gasteiger partial charge in [0.25, 0.3) is 5.91 Å². The fourth-order valence-corrected chi connectivity index (χ4v) is 3.72. The smallest absolute Gasteiger partial charge is 0.253 e. The number of rotatable bonds is 4. The predicted octanol–water partition coefficient (Wildman–Crippen LogP) is 4.11. The number of hydrogen-bond acceptors (Lipinski definition) is 2. The van der Waals surface area contributed by atoms with E-state index >= 15 is 0 Å². The van der Waals surface area contributed by atoms with Crippen molar-refractivity contribution in [2.24, 2.45) is 5.92 Å². The number of imidazole rings is 1. The first-order valence-electron chi connectivity index (χ1n) is 8.87. The third-order valence-corrected chi connectivity index (χ3v) is 5.45. The van der Waals surface area contributed by atoms with Crippen LogP contribution in [0.3, 0.4) is 0 Å². The molecule has 1 saturated heterocycles. The van der Waals surface area contributed by atoms with E-state index in [-0.39, 0.29) is 16.8 Å². The van der Waals surface area contributed by atoms with Gasteiger partial charge in [0, 0.05) is 43.5 Å². The third-order valence-electron chi connectivity index (χ3n) is 5.14. The molecule has 1 atom stereocenters. The first kappa shape index (κ1) is 16.6. The molecule has 0 spiro atoms. The summed E-state index contributed by atoms with van der Waals surface area (Å²) >= 11 is 5.71. The number of amides is 1. The Morgan fingerprint density at radius 3 is 2.92 bits per heavy atom. The van der Waals surface area contributed by atoms with Gasteiger partial charge in [-0.3, -0.25) is 4.79 Å². The van der Waals surface area contributed by atoms with Crippen LogP contribution in [0.5, 0.6) is 0 Å². The normalized spacial score (nSPS) is 20.7. The average molecular weight is 362 g/mol. The summed E-state index contributed by atoms with van der Waals surface area (Å²) < 4.78 is 15.9. The molecule has 1 aromatic carbocycles. The summed E-state index contributed by atoms with van der Waals surface area (Å²) in [4.78, 5) is 19.1. The van der Waals surface area contributed by atoms with Crippen LogP contribution in [0.1, 0.15) is 47.8 Å². The molecule has 0 bridgehead atoms. The van der Waals surface area contributed by atoms with E-state index in [9.17, 15) is 9.18 Å². The Labute approximate surface area is 151 Å². The molecule has 6 heteroatoms. The van der Waals surface area contributed by atoms with Gasteiger partial charge in [-0.15, -0.1) is 0 Å². The van der Waals surface area contributed by atoms with Gasteiger partial charge in [-0.25, -0.2) is 9.37 Å². The largest absolute Gasteiger partial charge is 0.338 e. The minimum absolute atomic E-state index is 0.0372. The molecule has 132 valence electrons. The van der Waals surface area contributed by atoms with Crippen LogP contribution < -0.4 is 0 Å². The number of piperidine rings is 1. The van der Waals surface area contributed by atoms with Crippen LogP contribution >= 0.6 is 11.6 Å². The van der Waals surface area contributed by atoms with Crippen molar-refractivity contribution < 1.29 is 9.18 Å². The van der Waals surface area contributed by atoms with Crippen molar-refractivity contribution in [1.29, 1.82) is 0 Å². The Kier molecular flexibility index (Phi) is 4.50. The SMILES string of the molecule is O=C(c1ccc(Cl)c(F)c1)N1CCC[C@@H](c2nccn2CC2CC2)C1. The van der Waals surface area contributed by atoms with Crippen LogP contribution in [-0.2, 0) is 6.54 Å². The fraction of sp³-hybridized carbons (Fsp3) is 0.474. The van der Waals surface area contributed by atoms with E-state index < -0.39 is 5.82 Å². The number of nitrogens with zero attached hydrogens (tertiary/aromatic N) is 3. The van der Waals surface area contributed by atoms with E-state index in [0.29, 0.717) is 18.7 Å². The summed E-state index contributed by atoms with van der Waals surface area (Å²) in [6.07, 6.45) is 8.46. The molecule has 2 fully saturated rings. The quantitative estimate of drug-likeness (QED) is 0.822. The Balaban J connectivity index is 1.49. The first-order valence-corrected chi connectivity index (χ1v) is 9.25. The average Bonchev–Trinajstić information content (AvgIpc) is 3.32. The Bertz CT molecular complexity index is 787. The first-order chi connectivity index (χ1) is 12.1. The molecule has 2 aliphatic rings. The summed E-state index contributed by atoms with van der Waals surface area (Å²) in [5.74, 6) is 1.41. The summed E-state index contributed by atoms with van der Waals surface area (Å²) in [6.45, 7) is 2.36. The molecular weight excluding hydrogens is 341 g/mol. The van der Waals surface area contributed by atoms with Gasteiger partial charge >= 0.3 is 0 Å². The van der Waals surface area contributed by atoms with E-state index in [1.165, 1.54) is 25.0 Å². The minimum Gasteiger partial charge on any atom is -0.338 e. The number of benzene rings is 1. The highest BCUT2D eigenvalue weighted by Gasteiger charge is 2.30. The van der Waals surface area contributed by atoms with Crippen molar-refractivity contribution in [2.75, 3.05) is 13.1 Å². The zero-order chi connectivity index (χ0) is 17.4. The van der Waals surface area contributed by atoms with Gasteiger partial charge in [-0.2, -0.15) is 0 Å². The van der Waals surface area contributed by atoms with Gasteiger partial charge in [0.05, 0.1) is 5.02 Å². The number of hydrogen-bond donors (Lipinski definition) is 0. The standard InChI is InChI=1S/C19H21ClFN3O/c20-16-6-5-14(10-17(16)21)19(25)24-8-1-2-15(12-24)18-22-7-9-23(18)11-13-3-4-13/h5-7,9-10,13,15H,1-4,8,11-12H2/t15-/m1/s1. The van der Waals surface area contributed by atoms with Crippen molar-refractivity contribution in [3.63, 3.8) is 0 Å². The van der Waals surface area contributed by atoms with Gasteiger partial charge in [-0.05, 0) is 49.8 Å². The summed E-state index contributed by atoms with van der Waals surface area (Å²) in [5, 5.41) is 0.0372. The van der Waals surface area contributed by atoms with E-state index in [2.05, 4.69) is 9.55 Å². The number of halogens is 2. The lowest BCUT2D eigenvalue weighted by Crippen LogP contribution is -2.39. The molecule has 2 heterocycles. The number of carbonyl (C=O) groups is 1. The van der Waals surface area contributed by atoms with Crippen molar-refractivity contribution in [1.82, 2.24) is 14.5 Å². The zero-order valence-corrected chi connectivity index (χ0v) is 14.8. The maximum atomic E-state index is 13.7. The molecule has 1 saturated carbocycles. The Morgan fingerprint density at radius 2 is 2.16 bits per heavy atom.